The molecule has 2 aromatic carbocycles. The molecule has 0 aliphatic carbocycles. The third kappa shape index (κ3) is 2.84. The third-order valence-corrected chi connectivity index (χ3v) is 3.91. The molecule has 0 saturated heterocycles. The van der Waals surface area contributed by atoms with Crippen LogP contribution in [0.15, 0.2) is 42.5 Å². The lowest BCUT2D eigenvalue weighted by atomic mass is 9.78. The van der Waals surface area contributed by atoms with Crippen molar-refractivity contribution >= 4 is 24.2 Å². The molecule has 5 nitrogen and oxygen atoms in total. The van der Waals surface area contributed by atoms with Crippen LogP contribution in [0.5, 0.6) is 0 Å². The number of hydrogen-bond donors (Lipinski definition) is 2. The van der Waals surface area contributed by atoms with E-state index in [1.165, 1.54) is 0 Å². The number of carbonyl (C=O) groups is 1. The first-order valence-corrected chi connectivity index (χ1v) is 7.22. The van der Waals surface area contributed by atoms with Crippen LogP contribution >= 0.6 is 0 Å². The summed E-state index contributed by atoms with van der Waals surface area (Å²) in [6.07, 6.45) is 0. The fraction of sp³-hybridized carbons (Fsp3) is 0.176. The van der Waals surface area contributed by atoms with Gasteiger partial charge in [-0.2, -0.15) is 5.26 Å². The lowest BCUT2D eigenvalue weighted by molar-refractivity contribution is 0.101. The molecule has 2 aromatic rings. The molecule has 1 aliphatic rings. The first-order chi connectivity index (χ1) is 10.9. The number of nitrogens with zero attached hydrogens (tertiary/aromatic N) is 1. The van der Waals surface area contributed by atoms with Crippen LogP contribution in [0.2, 0.25) is 0 Å². The van der Waals surface area contributed by atoms with E-state index in [4.69, 9.17) is 9.92 Å². The number of fused-ring (bicyclic) bond motifs is 1. The maximum atomic E-state index is 12.2. The summed E-state index contributed by atoms with van der Waals surface area (Å²) in [4.78, 5) is 12.2. The van der Waals surface area contributed by atoms with Crippen molar-refractivity contribution < 1.29 is 14.5 Å². The van der Waals surface area contributed by atoms with Gasteiger partial charge in [0.1, 0.15) is 0 Å². The molecule has 1 amide bonds. The number of nitrogens with one attached hydrogen (secondary N) is 1. The van der Waals surface area contributed by atoms with E-state index in [1.807, 2.05) is 26.0 Å². The van der Waals surface area contributed by atoms with Gasteiger partial charge in [-0.05, 0) is 61.3 Å². The molecule has 1 aliphatic heterocycles. The Hall–Kier alpha value is -2.62. The monoisotopic (exact) mass is 306 g/mol. The second kappa shape index (κ2) is 5.54. The smallest absolute Gasteiger partial charge is 0.423 e. The van der Waals surface area contributed by atoms with Crippen LogP contribution < -0.4 is 10.8 Å². The Morgan fingerprint density at radius 1 is 1.26 bits per heavy atom. The first kappa shape index (κ1) is 15.3. The SMILES string of the molecule is CC1(C)OB(O)c2cc(NC(=O)c3ccc(C#N)cc3)ccc21. The minimum absolute atomic E-state index is 0.276. The van der Waals surface area contributed by atoms with Gasteiger partial charge in [0, 0.05) is 11.3 Å². The summed E-state index contributed by atoms with van der Waals surface area (Å²) in [5, 5.41) is 21.5. The molecule has 0 fully saturated rings. The number of carbonyl (C=O) groups excluding carboxylic acids is 1. The highest BCUT2D eigenvalue weighted by molar-refractivity contribution is 6.62. The lowest BCUT2D eigenvalue weighted by Crippen LogP contribution is -2.29. The highest BCUT2D eigenvalue weighted by atomic mass is 16.5. The maximum absolute atomic E-state index is 12.2. The zero-order valence-corrected chi connectivity index (χ0v) is 12.8. The Morgan fingerprint density at radius 2 is 1.96 bits per heavy atom. The number of nitriles is 1. The Kier molecular flexibility index (Phi) is 3.68. The maximum Gasteiger partial charge on any atom is 0.492 e. The van der Waals surface area contributed by atoms with Crippen molar-refractivity contribution in [2.75, 3.05) is 5.32 Å². The van der Waals surface area contributed by atoms with E-state index in [-0.39, 0.29) is 5.91 Å². The minimum Gasteiger partial charge on any atom is -0.423 e. The van der Waals surface area contributed by atoms with Crippen molar-refractivity contribution in [2.24, 2.45) is 0 Å². The largest absolute Gasteiger partial charge is 0.492 e. The van der Waals surface area contributed by atoms with E-state index in [0.29, 0.717) is 22.3 Å². The molecule has 0 saturated carbocycles. The van der Waals surface area contributed by atoms with Gasteiger partial charge < -0.3 is 15.0 Å². The quantitative estimate of drug-likeness (QED) is 0.828. The summed E-state index contributed by atoms with van der Waals surface area (Å²) >= 11 is 0. The second-order valence-corrected chi connectivity index (χ2v) is 5.93. The van der Waals surface area contributed by atoms with Crippen LogP contribution in [0.4, 0.5) is 5.69 Å². The Bertz CT molecular complexity index is 810. The Balaban J connectivity index is 1.82. The average molecular weight is 306 g/mol. The number of amides is 1. The summed E-state index contributed by atoms with van der Waals surface area (Å²) < 4.78 is 5.50. The minimum atomic E-state index is -0.994. The van der Waals surface area contributed by atoms with Crippen molar-refractivity contribution in [3.05, 3.63) is 59.2 Å². The van der Waals surface area contributed by atoms with Gasteiger partial charge in [0.05, 0.1) is 17.2 Å². The van der Waals surface area contributed by atoms with Gasteiger partial charge in [-0.1, -0.05) is 6.07 Å². The molecule has 0 radical (unpaired) electrons. The van der Waals surface area contributed by atoms with Gasteiger partial charge in [0.2, 0.25) is 0 Å². The summed E-state index contributed by atoms with van der Waals surface area (Å²) in [6, 6.07) is 13.7. The van der Waals surface area contributed by atoms with Crippen molar-refractivity contribution in [3.8, 4) is 6.07 Å². The van der Waals surface area contributed by atoms with Crippen molar-refractivity contribution in [1.29, 1.82) is 5.26 Å². The standard InChI is InChI=1S/C17H15BN2O3/c1-17(2)14-8-7-13(9-15(14)18(22)23-17)20-16(21)12-5-3-11(10-19)4-6-12/h3-9,22H,1-2H3,(H,20,21). The van der Waals surface area contributed by atoms with E-state index < -0.39 is 12.7 Å². The van der Waals surface area contributed by atoms with E-state index in [9.17, 15) is 9.82 Å². The van der Waals surface area contributed by atoms with Crippen LogP contribution in [-0.2, 0) is 10.3 Å². The van der Waals surface area contributed by atoms with Gasteiger partial charge in [-0.25, -0.2) is 0 Å². The van der Waals surface area contributed by atoms with Crippen LogP contribution in [-0.4, -0.2) is 18.0 Å². The average Bonchev–Trinajstić information content (AvgIpc) is 2.76. The predicted octanol–water partition coefficient (Wildman–Crippen LogP) is 1.76. The third-order valence-electron chi connectivity index (χ3n) is 3.91. The molecular formula is C17H15BN2O3. The molecule has 3 rings (SSSR count). The van der Waals surface area contributed by atoms with E-state index in [2.05, 4.69) is 5.32 Å². The highest BCUT2D eigenvalue weighted by Crippen LogP contribution is 2.30. The molecule has 6 heteroatoms. The number of rotatable bonds is 2. The van der Waals surface area contributed by atoms with Crippen LogP contribution in [0.3, 0.4) is 0 Å². The molecule has 0 spiro atoms. The van der Waals surface area contributed by atoms with E-state index in [0.717, 1.165) is 5.56 Å². The van der Waals surface area contributed by atoms with Gasteiger partial charge >= 0.3 is 7.12 Å². The van der Waals surface area contributed by atoms with E-state index in [1.54, 1.807) is 36.4 Å². The van der Waals surface area contributed by atoms with Gasteiger partial charge in [-0.3, -0.25) is 4.79 Å². The van der Waals surface area contributed by atoms with Gasteiger partial charge in [0.15, 0.2) is 0 Å². The van der Waals surface area contributed by atoms with Gasteiger partial charge in [-0.15, -0.1) is 0 Å². The van der Waals surface area contributed by atoms with Crippen molar-refractivity contribution in [2.45, 2.75) is 19.4 Å². The number of anilines is 1. The first-order valence-electron chi connectivity index (χ1n) is 7.22. The van der Waals surface area contributed by atoms with Crippen molar-refractivity contribution in [1.82, 2.24) is 0 Å². The summed E-state index contributed by atoms with van der Waals surface area (Å²) in [5.41, 5.74) is 2.56. The number of benzene rings is 2. The van der Waals surface area contributed by atoms with E-state index >= 15 is 0 Å². The molecule has 23 heavy (non-hydrogen) atoms. The molecule has 2 N–H and O–H groups in total. The molecule has 0 unspecified atom stereocenters. The predicted molar refractivity (Wildman–Crippen MR) is 87.3 cm³/mol. The molecular weight excluding hydrogens is 291 g/mol. The second-order valence-electron chi connectivity index (χ2n) is 5.93. The fourth-order valence-electron chi connectivity index (χ4n) is 2.70. The van der Waals surface area contributed by atoms with Crippen molar-refractivity contribution in [3.63, 3.8) is 0 Å². The van der Waals surface area contributed by atoms with Gasteiger partial charge in [0.25, 0.3) is 5.91 Å². The zero-order valence-electron chi connectivity index (χ0n) is 12.8. The summed E-state index contributed by atoms with van der Waals surface area (Å²) in [6.45, 7) is 3.77. The molecule has 0 aromatic heterocycles. The summed E-state index contributed by atoms with van der Waals surface area (Å²) in [7, 11) is -0.994. The Labute approximate surface area is 134 Å². The highest BCUT2D eigenvalue weighted by Gasteiger charge is 2.40. The normalized spacial score (nSPS) is 15.0. The van der Waals surface area contributed by atoms with Crippen LogP contribution in [0, 0.1) is 11.3 Å². The lowest BCUT2D eigenvalue weighted by Gasteiger charge is -2.19. The van der Waals surface area contributed by atoms with Crippen LogP contribution in [0.25, 0.3) is 0 Å². The van der Waals surface area contributed by atoms with Crippen LogP contribution in [0.1, 0.15) is 35.3 Å². The molecule has 1 heterocycles. The zero-order chi connectivity index (χ0) is 16.6. The molecule has 0 atom stereocenters. The topological polar surface area (TPSA) is 82.3 Å². The summed E-state index contributed by atoms with van der Waals surface area (Å²) in [5.74, 6) is -0.276. The molecule has 114 valence electrons. The fourth-order valence-corrected chi connectivity index (χ4v) is 2.70. The number of hydrogen-bond acceptors (Lipinski definition) is 4. The Morgan fingerprint density at radius 3 is 2.61 bits per heavy atom. The molecule has 0 bridgehead atoms.